The maximum Gasteiger partial charge on any atom is 0.239 e. The highest BCUT2D eigenvalue weighted by Gasteiger charge is 2.21. The molecule has 0 aliphatic carbocycles. The van der Waals surface area contributed by atoms with E-state index in [0.29, 0.717) is 6.54 Å². The molecule has 1 rings (SSSR count). The molecular weight excluding hydrogens is 220 g/mol. The molecule has 1 saturated heterocycles. The van der Waals surface area contributed by atoms with Crippen LogP contribution < -0.4 is 10.6 Å². The fourth-order valence-electron chi connectivity index (χ4n) is 1.52. The third-order valence-electron chi connectivity index (χ3n) is 2.64. The quantitative estimate of drug-likeness (QED) is 0.752. The third kappa shape index (κ3) is 5.17. The zero-order valence-corrected chi connectivity index (χ0v) is 10.8. The predicted octanol–water partition coefficient (Wildman–Crippen LogP) is 0.444. The summed E-state index contributed by atoms with van der Waals surface area (Å²) in [6, 6.07) is 0. The van der Waals surface area contributed by atoms with Gasteiger partial charge in [0.25, 0.3) is 0 Å². The number of hydrogen-bond acceptors (Lipinski definition) is 3. The molecule has 1 aliphatic heterocycles. The highest BCUT2D eigenvalue weighted by molar-refractivity contribution is 5.87. The van der Waals surface area contributed by atoms with E-state index in [1.807, 2.05) is 20.8 Å². The Hall–Kier alpha value is -1.10. The first kappa shape index (κ1) is 14.0. The Morgan fingerprint density at radius 2 is 2.00 bits per heavy atom. The summed E-state index contributed by atoms with van der Waals surface area (Å²) in [4.78, 5) is 23.0. The molecule has 0 aromatic carbocycles. The summed E-state index contributed by atoms with van der Waals surface area (Å²) in [7, 11) is 0. The van der Waals surface area contributed by atoms with Crippen molar-refractivity contribution in [3.63, 3.8) is 0 Å². The van der Waals surface area contributed by atoms with Crippen molar-refractivity contribution < 1.29 is 14.3 Å². The minimum Gasteiger partial charge on any atom is -0.376 e. The summed E-state index contributed by atoms with van der Waals surface area (Å²) >= 11 is 0. The SMILES string of the molecule is CC(C)(C)C(=O)NCC(=O)NC[C@@H]1CCCO1. The number of carbonyl (C=O) groups excluding carboxylic acids is 2. The molecule has 0 radical (unpaired) electrons. The number of ether oxygens (including phenoxy) is 1. The molecule has 0 saturated carbocycles. The first-order valence-electron chi connectivity index (χ1n) is 6.06. The molecule has 1 heterocycles. The van der Waals surface area contributed by atoms with Gasteiger partial charge in [-0.05, 0) is 12.8 Å². The molecule has 2 amide bonds. The second kappa shape index (κ2) is 6.00. The molecule has 0 unspecified atom stereocenters. The van der Waals surface area contributed by atoms with Crippen LogP contribution in [0.5, 0.6) is 0 Å². The van der Waals surface area contributed by atoms with E-state index in [9.17, 15) is 9.59 Å². The van der Waals surface area contributed by atoms with Gasteiger partial charge >= 0.3 is 0 Å². The second-order valence-electron chi connectivity index (χ2n) is 5.37. The fraction of sp³-hybridized carbons (Fsp3) is 0.833. The van der Waals surface area contributed by atoms with Crippen LogP contribution in [0.3, 0.4) is 0 Å². The van der Waals surface area contributed by atoms with Crippen molar-refractivity contribution in [2.24, 2.45) is 5.41 Å². The minimum atomic E-state index is -0.463. The topological polar surface area (TPSA) is 67.4 Å². The van der Waals surface area contributed by atoms with Crippen LogP contribution in [0.4, 0.5) is 0 Å². The van der Waals surface area contributed by atoms with Crippen molar-refractivity contribution in [2.75, 3.05) is 19.7 Å². The van der Waals surface area contributed by atoms with Gasteiger partial charge in [0, 0.05) is 18.6 Å². The minimum absolute atomic E-state index is 0.0306. The zero-order valence-electron chi connectivity index (χ0n) is 10.8. The molecule has 1 atom stereocenters. The van der Waals surface area contributed by atoms with E-state index in [2.05, 4.69) is 10.6 Å². The molecule has 5 nitrogen and oxygen atoms in total. The van der Waals surface area contributed by atoms with E-state index in [-0.39, 0.29) is 24.5 Å². The van der Waals surface area contributed by atoms with Gasteiger partial charge in [-0.15, -0.1) is 0 Å². The van der Waals surface area contributed by atoms with Gasteiger partial charge in [0.15, 0.2) is 0 Å². The third-order valence-corrected chi connectivity index (χ3v) is 2.64. The molecule has 0 bridgehead atoms. The Morgan fingerprint density at radius 3 is 2.53 bits per heavy atom. The summed E-state index contributed by atoms with van der Waals surface area (Å²) < 4.78 is 5.38. The van der Waals surface area contributed by atoms with Crippen molar-refractivity contribution in [3.8, 4) is 0 Å². The first-order valence-corrected chi connectivity index (χ1v) is 6.06. The van der Waals surface area contributed by atoms with Crippen LogP contribution in [0.1, 0.15) is 33.6 Å². The summed E-state index contributed by atoms with van der Waals surface area (Å²) in [5, 5.41) is 5.36. The smallest absolute Gasteiger partial charge is 0.239 e. The van der Waals surface area contributed by atoms with Crippen LogP contribution in [0.2, 0.25) is 0 Å². The van der Waals surface area contributed by atoms with Gasteiger partial charge in [-0.1, -0.05) is 20.8 Å². The largest absolute Gasteiger partial charge is 0.376 e. The summed E-state index contributed by atoms with van der Waals surface area (Å²) in [5.74, 6) is -0.289. The van der Waals surface area contributed by atoms with E-state index < -0.39 is 5.41 Å². The molecule has 0 aromatic heterocycles. The molecule has 2 N–H and O–H groups in total. The van der Waals surface area contributed by atoms with E-state index in [1.165, 1.54) is 0 Å². The number of amides is 2. The summed E-state index contributed by atoms with van der Waals surface area (Å²) in [6.45, 7) is 6.78. The molecule has 5 heteroatoms. The van der Waals surface area contributed by atoms with Crippen molar-refractivity contribution in [3.05, 3.63) is 0 Å². The first-order chi connectivity index (χ1) is 7.89. The molecule has 98 valence electrons. The van der Waals surface area contributed by atoms with Crippen molar-refractivity contribution in [1.82, 2.24) is 10.6 Å². The lowest BCUT2D eigenvalue weighted by atomic mass is 9.96. The Morgan fingerprint density at radius 1 is 1.29 bits per heavy atom. The van der Waals surface area contributed by atoms with Gasteiger partial charge in [0.05, 0.1) is 12.6 Å². The number of rotatable bonds is 4. The highest BCUT2D eigenvalue weighted by atomic mass is 16.5. The average Bonchev–Trinajstić information content (AvgIpc) is 2.74. The maximum atomic E-state index is 11.5. The van der Waals surface area contributed by atoms with Crippen molar-refractivity contribution >= 4 is 11.8 Å². The number of nitrogens with one attached hydrogen (secondary N) is 2. The average molecular weight is 242 g/mol. The molecule has 17 heavy (non-hydrogen) atoms. The normalized spacial score (nSPS) is 20.1. The Labute approximate surface area is 102 Å². The molecular formula is C12H22N2O3. The predicted molar refractivity (Wildman–Crippen MR) is 64.4 cm³/mol. The zero-order chi connectivity index (χ0) is 12.9. The van der Waals surface area contributed by atoms with Crippen LogP contribution in [-0.4, -0.2) is 37.6 Å². The van der Waals surface area contributed by atoms with Crippen LogP contribution in [0.15, 0.2) is 0 Å². The van der Waals surface area contributed by atoms with Crippen molar-refractivity contribution in [1.29, 1.82) is 0 Å². The van der Waals surface area contributed by atoms with E-state index >= 15 is 0 Å². The van der Waals surface area contributed by atoms with E-state index in [1.54, 1.807) is 0 Å². The van der Waals surface area contributed by atoms with Gasteiger partial charge < -0.3 is 15.4 Å². The summed E-state index contributed by atoms with van der Waals surface area (Å²) in [5.41, 5.74) is -0.463. The van der Waals surface area contributed by atoms with Crippen LogP contribution >= 0.6 is 0 Å². The van der Waals surface area contributed by atoms with Gasteiger partial charge in [-0.2, -0.15) is 0 Å². The Bertz CT molecular complexity index is 278. The molecule has 0 spiro atoms. The maximum absolute atomic E-state index is 11.5. The van der Waals surface area contributed by atoms with Gasteiger partial charge in [0.2, 0.25) is 11.8 Å². The highest BCUT2D eigenvalue weighted by Crippen LogP contribution is 2.12. The van der Waals surface area contributed by atoms with Crippen LogP contribution in [0.25, 0.3) is 0 Å². The van der Waals surface area contributed by atoms with Crippen LogP contribution in [0, 0.1) is 5.41 Å². The summed E-state index contributed by atoms with van der Waals surface area (Å²) in [6.07, 6.45) is 2.19. The molecule has 1 aliphatic rings. The van der Waals surface area contributed by atoms with E-state index in [4.69, 9.17) is 4.74 Å². The standard InChI is InChI=1S/C12H22N2O3/c1-12(2,3)11(16)14-8-10(15)13-7-9-5-4-6-17-9/h9H,4-8H2,1-3H3,(H,13,15)(H,14,16)/t9-/m0/s1. The van der Waals surface area contributed by atoms with Gasteiger partial charge in [-0.25, -0.2) is 0 Å². The fourth-order valence-corrected chi connectivity index (χ4v) is 1.52. The van der Waals surface area contributed by atoms with Crippen molar-refractivity contribution in [2.45, 2.75) is 39.7 Å². The molecule has 0 aromatic rings. The van der Waals surface area contributed by atoms with Gasteiger partial charge in [-0.3, -0.25) is 9.59 Å². The lowest BCUT2D eigenvalue weighted by molar-refractivity contribution is -0.131. The second-order valence-corrected chi connectivity index (χ2v) is 5.37. The Balaban J connectivity index is 2.14. The lowest BCUT2D eigenvalue weighted by Crippen LogP contribution is -2.43. The Kier molecular flexibility index (Phi) is 4.93. The van der Waals surface area contributed by atoms with E-state index in [0.717, 1.165) is 19.4 Å². The number of carbonyl (C=O) groups is 2. The number of hydrogen-bond donors (Lipinski definition) is 2. The lowest BCUT2D eigenvalue weighted by Gasteiger charge is -2.17. The van der Waals surface area contributed by atoms with Gasteiger partial charge in [0.1, 0.15) is 0 Å². The monoisotopic (exact) mass is 242 g/mol. The van der Waals surface area contributed by atoms with Crippen LogP contribution in [-0.2, 0) is 14.3 Å². The molecule has 1 fully saturated rings.